The number of likely N-dealkylation sites (N-methyl/N-ethyl adjacent to an activating group) is 1. The van der Waals surface area contributed by atoms with Crippen LogP contribution in [0.15, 0.2) is 18.2 Å². The molecule has 1 aromatic rings. The summed E-state index contributed by atoms with van der Waals surface area (Å²) in [6.07, 6.45) is 2.19. The van der Waals surface area contributed by atoms with Gasteiger partial charge < -0.3 is 21.3 Å². The molecule has 1 unspecified atom stereocenters. The van der Waals surface area contributed by atoms with Gasteiger partial charge in [-0.05, 0) is 44.6 Å². The number of anilines is 2. The van der Waals surface area contributed by atoms with Crippen LogP contribution in [0.4, 0.5) is 11.4 Å². The molecule has 1 aromatic carbocycles. The Morgan fingerprint density at radius 3 is 2.75 bits per heavy atom. The maximum absolute atomic E-state index is 11.2. The minimum absolute atomic E-state index is 0.439. The number of carbonyl (C=O) groups is 1. The van der Waals surface area contributed by atoms with Crippen LogP contribution >= 0.6 is 0 Å². The van der Waals surface area contributed by atoms with Gasteiger partial charge in [0.05, 0.1) is 11.4 Å². The van der Waals surface area contributed by atoms with Crippen molar-refractivity contribution in [2.75, 3.05) is 37.3 Å². The Labute approximate surface area is 120 Å². The van der Waals surface area contributed by atoms with Gasteiger partial charge in [0.15, 0.2) is 0 Å². The molecule has 0 spiro atoms. The molecule has 1 aliphatic heterocycles. The summed E-state index contributed by atoms with van der Waals surface area (Å²) in [7, 11) is 2.16. The van der Waals surface area contributed by atoms with Gasteiger partial charge in [-0.25, -0.2) is 0 Å². The first-order valence-corrected chi connectivity index (χ1v) is 7.17. The molecule has 110 valence electrons. The Morgan fingerprint density at radius 1 is 1.40 bits per heavy atom. The first kappa shape index (κ1) is 14.7. The zero-order valence-electron chi connectivity index (χ0n) is 12.3. The van der Waals surface area contributed by atoms with E-state index in [0.29, 0.717) is 17.3 Å². The second-order valence-corrected chi connectivity index (χ2v) is 5.51. The molecule has 1 heterocycles. The number of hydrogen-bond donors (Lipinski definition) is 2. The zero-order chi connectivity index (χ0) is 14.7. The largest absolute Gasteiger partial charge is 0.397 e. The third-order valence-corrected chi connectivity index (χ3v) is 3.99. The number of nitrogens with zero attached hydrogens (tertiary/aromatic N) is 2. The third kappa shape index (κ3) is 3.04. The summed E-state index contributed by atoms with van der Waals surface area (Å²) in [5, 5.41) is 0. The molecule has 0 bridgehead atoms. The summed E-state index contributed by atoms with van der Waals surface area (Å²) in [5.74, 6) is -0.439. The highest BCUT2D eigenvalue weighted by atomic mass is 16.1. The lowest BCUT2D eigenvalue weighted by Gasteiger charge is -2.33. The first-order chi connectivity index (χ1) is 9.52. The lowest BCUT2D eigenvalue weighted by Crippen LogP contribution is -2.40. The van der Waals surface area contributed by atoms with Gasteiger partial charge in [0, 0.05) is 24.7 Å². The molecule has 1 amide bonds. The lowest BCUT2D eigenvalue weighted by molar-refractivity contribution is 0.100. The molecule has 1 atom stereocenters. The number of carbonyl (C=O) groups excluding carboxylic acids is 1. The average Bonchev–Trinajstić information content (AvgIpc) is 2.60. The Balaban J connectivity index is 2.30. The molecule has 0 aliphatic carbocycles. The van der Waals surface area contributed by atoms with Crippen molar-refractivity contribution >= 4 is 17.3 Å². The highest BCUT2D eigenvalue weighted by Gasteiger charge is 2.23. The van der Waals surface area contributed by atoms with Crippen LogP contribution < -0.4 is 16.4 Å². The lowest BCUT2D eigenvalue weighted by atomic mass is 10.1. The molecule has 0 saturated carbocycles. The van der Waals surface area contributed by atoms with Crippen molar-refractivity contribution < 1.29 is 4.79 Å². The van der Waals surface area contributed by atoms with Gasteiger partial charge in [0.1, 0.15) is 0 Å². The van der Waals surface area contributed by atoms with Crippen LogP contribution in [-0.4, -0.2) is 43.5 Å². The minimum atomic E-state index is -0.439. The van der Waals surface area contributed by atoms with Crippen molar-refractivity contribution in [2.24, 2.45) is 5.73 Å². The highest BCUT2D eigenvalue weighted by Crippen LogP contribution is 2.28. The molecule has 5 heteroatoms. The normalized spacial score (nSPS) is 20.7. The zero-order valence-corrected chi connectivity index (χ0v) is 12.3. The summed E-state index contributed by atoms with van der Waals surface area (Å²) in [4.78, 5) is 15.9. The van der Waals surface area contributed by atoms with E-state index in [1.807, 2.05) is 6.07 Å². The molecule has 0 aromatic heterocycles. The number of primary amides is 1. The number of hydrogen-bond acceptors (Lipinski definition) is 4. The van der Waals surface area contributed by atoms with Crippen molar-refractivity contribution in [3.05, 3.63) is 23.8 Å². The number of rotatable bonds is 3. The first-order valence-electron chi connectivity index (χ1n) is 7.17. The molecular formula is C15H24N4O. The maximum atomic E-state index is 11.2. The molecule has 5 nitrogen and oxygen atoms in total. The van der Waals surface area contributed by atoms with E-state index in [4.69, 9.17) is 11.5 Å². The van der Waals surface area contributed by atoms with E-state index in [1.165, 1.54) is 0 Å². The Morgan fingerprint density at radius 2 is 2.15 bits per heavy atom. The molecule has 0 radical (unpaired) electrons. The summed E-state index contributed by atoms with van der Waals surface area (Å²) in [6.45, 7) is 5.33. The van der Waals surface area contributed by atoms with E-state index in [2.05, 4.69) is 23.8 Å². The van der Waals surface area contributed by atoms with Crippen molar-refractivity contribution in [1.82, 2.24) is 4.90 Å². The Bertz CT molecular complexity index is 489. The summed E-state index contributed by atoms with van der Waals surface area (Å²) >= 11 is 0. The molecular weight excluding hydrogens is 252 g/mol. The monoisotopic (exact) mass is 276 g/mol. The second kappa shape index (κ2) is 6.13. The van der Waals surface area contributed by atoms with Gasteiger partial charge in [0.2, 0.25) is 5.91 Å². The molecule has 1 fully saturated rings. The third-order valence-electron chi connectivity index (χ3n) is 3.99. The van der Waals surface area contributed by atoms with Crippen molar-refractivity contribution in [3.8, 4) is 0 Å². The second-order valence-electron chi connectivity index (χ2n) is 5.51. The number of nitrogens with two attached hydrogens (primary N) is 2. The minimum Gasteiger partial charge on any atom is -0.397 e. The molecule has 20 heavy (non-hydrogen) atoms. The van der Waals surface area contributed by atoms with Gasteiger partial charge in [-0.3, -0.25) is 4.79 Å². The quantitative estimate of drug-likeness (QED) is 0.816. The molecule has 1 saturated heterocycles. The van der Waals surface area contributed by atoms with E-state index < -0.39 is 5.91 Å². The fourth-order valence-corrected chi connectivity index (χ4v) is 2.88. The van der Waals surface area contributed by atoms with Crippen molar-refractivity contribution in [3.63, 3.8) is 0 Å². The van der Waals surface area contributed by atoms with E-state index in [0.717, 1.165) is 38.2 Å². The molecule has 1 aliphatic rings. The van der Waals surface area contributed by atoms with Crippen LogP contribution in [0.25, 0.3) is 0 Å². The van der Waals surface area contributed by atoms with Gasteiger partial charge >= 0.3 is 0 Å². The number of amides is 1. The van der Waals surface area contributed by atoms with Gasteiger partial charge in [0.25, 0.3) is 0 Å². The smallest absolute Gasteiger partial charge is 0.248 e. The van der Waals surface area contributed by atoms with Crippen LogP contribution in [0.5, 0.6) is 0 Å². The fourth-order valence-electron chi connectivity index (χ4n) is 2.88. The molecule has 4 N–H and O–H groups in total. The topological polar surface area (TPSA) is 75.6 Å². The predicted octanol–water partition coefficient (Wildman–Crippen LogP) is 1.29. The van der Waals surface area contributed by atoms with E-state index in [-0.39, 0.29) is 0 Å². The SMILES string of the molecule is CCC1CN(C)CCCN1c1ccc(C(N)=O)cc1N. The number of nitrogen functional groups attached to an aromatic ring is 1. The van der Waals surface area contributed by atoms with Gasteiger partial charge in [-0.15, -0.1) is 0 Å². The predicted molar refractivity (Wildman–Crippen MR) is 82.9 cm³/mol. The number of benzene rings is 1. The van der Waals surface area contributed by atoms with Crippen LogP contribution in [0.2, 0.25) is 0 Å². The van der Waals surface area contributed by atoms with Crippen molar-refractivity contribution in [1.29, 1.82) is 0 Å². The van der Waals surface area contributed by atoms with Crippen LogP contribution in [0, 0.1) is 0 Å². The summed E-state index contributed by atoms with van der Waals surface area (Å²) in [6, 6.07) is 5.81. The summed E-state index contributed by atoms with van der Waals surface area (Å²) < 4.78 is 0. The highest BCUT2D eigenvalue weighted by molar-refractivity contribution is 5.94. The average molecular weight is 276 g/mol. The molecule has 2 rings (SSSR count). The van der Waals surface area contributed by atoms with Crippen molar-refractivity contribution in [2.45, 2.75) is 25.8 Å². The van der Waals surface area contributed by atoms with E-state index in [9.17, 15) is 4.79 Å². The fraction of sp³-hybridized carbons (Fsp3) is 0.533. The standard InChI is InChI=1S/C15H24N4O/c1-3-12-10-18(2)7-4-8-19(12)14-6-5-11(15(17)20)9-13(14)16/h5-6,9,12H,3-4,7-8,10,16H2,1-2H3,(H2,17,20). The maximum Gasteiger partial charge on any atom is 0.248 e. The Kier molecular flexibility index (Phi) is 4.49. The van der Waals surface area contributed by atoms with E-state index >= 15 is 0 Å². The summed E-state index contributed by atoms with van der Waals surface area (Å²) in [5.41, 5.74) is 13.5. The van der Waals surface area contributed by atoms with E-state index in [1.54, 1.807) is 12.1 Å². The van der Waals surface area contributed by atoms with Crippen LogP contribution in [0.1, 0.15) is 30.1 Å². The van der Waals surface area contributed by atoms with Gasteiger partial charge in [-0.2, -0.15) is 0 Å². The van der Waals surface area contributed by atoms with Crippen LogP contribution in [0.3, 0.4) is 0 Å². The Hall–Kier alpha value is -1.75. The van der Waals surface area contributed by atoms with Crippen LogP contribution in [-0.2, 0) is 0 Å². The van der Waals surface area contributed by atoms with Gasteiger partial charge in [-0.1, -0.05) is 6.92 Å².